The van der Waals surface area contributed by atoms with Crippen LogP contribution in [0.15, 0.2) is 24.7 Å². The minimum Gasteiger partial charge on any atom is -0.396 e. The van der Waals surface area contributed by atoms with Gasteiger partial charge in [-0.2, -0.15) is 5.10 Å². The summed E-state index contributed by atoms with van der Waals surface area (Å²) < 4.78 is 0. The van der Waals surface area contributed by atoms with Gasteiger partial charge in [-0.05, 0) is 12.1 Å². The molecule has 0 aliphatic heterocycles. The second kappa shape index (κ2) is 4.41. The topological polar surface area (TPSA) is 92.5 Å². The first-order valence-electron chi connectivity index (χ1n) is 4.65. The van der Waals surface area contributed by atoms with E-state index in [1.165, 1.54) is 6.33 Å². The maximum absolute atomic E-state index is 5.72. The summed E-state index contributed by atoms with van der Waals surface area (Å²) in [5, 5.41) is 9.67. The number of rotatable bonds is 4. The fourth-order valence-corrected chi connectivity index (χ4v) is 1.22. The Balaban J connectivity index is 1.86. The molecule has 6 nitrogen and oxygen atoms in total. The molecule has 78 valence electrons. The normalized spacial score (nSPS) is 10.1. The van der Waals surface area contributed by atoms with Gasteiger partial charge in [-0.15, -0.1) is 0 Å². The monoisotopic (exact) mass is 204 g/mol. The predicted molar refractivity (Wildman–Crippen MR) is 57.2 cm³/mol. The number of aromatic nitrogens is 4. The molecule has 0 bridgehead atoms. The minimum atomic E-state index is 0.648. The number of hydrogen-bond acceptors (Lipinski definition) is 5. The van der Waals surface area contributed by atoms with Gasteiger partial charge in [0.05, 0.1) is 5.69 Å². The van der Waals surface area contributed by atoms with Crippen molar-refractivity contribution in [2.45, 2.75) is 6.42 Å². The molecule has 0 fully saturated rings. The van der Waals surface area contributed by atoms with Gasteiger partial charge in [-0.3, -0.25) is 5.10 Å². The van der Waals surface area contributed by atoms with Crippen LogP contribution in [0.5, 0.6) is 0 Å². The standard InChI is InChI=1S/C9H12N6/c10-7-2-1-4-11-9(7)12-5-3-8-13-6-14-15-8/h1-2,4,6H,3,5,10H2,(H,11,12)(H,13,14,15). The maximum atomic E-state index is 5.72. The molecular formula is C9H12N6. The summed E-state index contributed by atoms with van der Waals surface area (Å²) in [6, 6.07) is 3.61. The Morgan fingerprint density at radius 2 is 2.33 bits per heavy atom. The molecule has 0 aliphatic rings. The summed E-state index contributed by atoms with van der Waals surface area (Å²) >= 11 is 0. The summed E-state index contributed by atoms with van der Waals surface area (Å²) in [5.41, 5.74) is 6.37. The van der Waals surface area contributed by atoms with Crippen molar-refractivity contribution in [2.75, 3.05) is 17.6 Å². The Bertz CT molecular complexity index is 410. The van der Waals surface area contributed by atoms with Crippen LogP contribution in [-0.2, 0) is 6.42 Å². The lowest BCUT2D eigenvalue weighted by Gasteiger charge is -2.05. The van der Waals surface area contributed by atoms with E-state index in [-0.39, 0.29) is 0 Å². The highest BCUT2D eigenvalue weighted by atomic mass is 15.2. The molecule has 2 aromatic rings. The van der Waals surface area contributed by atoms with E-state index in [1.54, 1.807) is 12.3 Å². The van der Waals surface area contributed by atoms with Crippen molar-refractivity contribution < 1.29 is 0 Å². The molecule has 2 rings (SSSR count). The van der Waals surface area contributed by atoms with E-state index < -0.39 is 0 Å². The molecule has 0 saturated carbocycles. The summed E-state index contributed by atoms with van der Waals surface area (Å²) in [7, 11) is 0. The first-order chi connectivity index (χ1) is 7.36. The lowest BCUT2D eigenvalue weighted by molar-refractivity contribution is 0.897. The van der Waals surface area contributed by atoms with Gasteiger partial charge in [0.15, 0.2) is 0 Å². The SMILES string of the molecule is Nc1cccnc1NCCc1ncn[nH]1. The number of nitrogens with zero attached hydrogens (tertiary/aromatic N) is 3. The Kier molecular flexibility index (Phi) is 2.77. The maximum Gasteiger partial charge on any atom is 0.149 e. The van der Waals surface area contributed by atoms with Crippen molar-refractivity contribution in [1.82, 2.24) is 20.2 Å². The van der Waals surface area contributed by atoms with Gasteiger partial charge < -0.3 is 11.1 Å². The van der Waals surface area contributed by atoms with Gasteiger partial charge in [-0.25, -0.2) is 9.97 Å². The first kappa shape index (κ1) is 9.45. The third-order valence-electron chi connectivity index (χ3n) is 1.96. The van der Waals surface area contributed by atoms with Crippen LogP contribution in [0.3, 0.4) is 0 Å². The van der Waals surface area contributed by atoms with E-state index in [0.29, 0.717) is 11.5 Å². The predicted octanol–water partition coefficient (Wildman–Crippen LogP) is 0.436. The minimum absolute atomic E-state index is 0.648. The molecule has 0 aliphatic carbocycles. The zero-order valence-electron chi connectivity index (χ0n) is 8.14. The highest BCUT2D eigenvalue weighted by molar-refractivity contribution is 5.60. The number of hydrogen-bond donors (Lipinski definition) is 3. The van der Waals surface area contributed by atoms with E-state index in [1.807, 2.05) is 6.07 Å². The summed E-state index contributed by atoms with van der Waals surface area (Å²) in [5.74, 6) is 1.55. The van der Waals surface area contributed by atoms with Crippen LogP contribution < -0.4 is 11.1 Å². The largest absolute Gasteiger partial charge is 0.396 e. The van der Waals surface area contributed by atoms with Gasteiger partial charge in [0.1, 0.15) is 18.0 Å². The Labute approximate surface area is 86.9 Å². The van der Waals surface area contributed by atoms with E-state index in [2.05, 4.69) is 25.5 Å². The molecule has 15 heavy (non-hydrogen) atoms. The van der Waals surface area contributed by atoms with E-state index in [9.17, 15) is 0 Å². The van der Waals surface area contributed by atoms with Crippen molar-refractivity contribution in [2.24, 2.45) is 0 Å². The van der Waals surface area contributed by atoms with Gasteiger partial charge in [-0.1, -0.05) is 0 Å². The lowest BCUT2D eigenvalue weighted by Crippen LogP contribution is -2.09. The molecule has 2 aromatic heterocycles. The van der Waals surface area contributed by atoms with Gasteiger partial charge in [0.25, 0.3) is 0 Å². The molecule has 4 N–H and O–H groups in total. The lowest BCUT2D eigenvalue weighted by atomic mass is 10.3. The summed E-state index contributed by atoms with van der Waals surface area (Å²) in [4.78, 5) is 8.13. The van der Waals surface area contributed by atoms with Crippen LogP contribution >= 0.6 is 0 Å². The average Bonchev–Trinajstić information content (AvgIpc) is 2.74. The first-order valence-corrected chi connectivity index (χ1v) is 4.65. The summed E-state index contributed by atoms with van der Waals surface area (Å²) in [6.07, 6.45) is 3.95. The van der Waals surface area contributed by atoms with Crippen molar-refractivity contribution in [3.05, 3.63) is 30.5 Å². The van der Waals surface area contributed by atoms with Crippen molar-refractivity contribution in [3.63, 3.8) is 0 Å². The number of H-pyrrole nitrogens is 1. The van der Waals surface area contributed by atoms with Crippen LogP contribution in [0.2, 0.25) is 0 Å². The molecule has 0 saturated heterocycles. The van der Waals surface area contributed by atoms with Crippen LogP contribution in [0.4, 0.5) is 11.5 Å². The smallest absolute Gasteiger partial charge is 0.149 e. The second-order valence-corrected chi connectivity index (χ2v) is 3.05. The van der Waals surface area contributed by atoms with E-state index >= 15 is 0 Å². The third-order valence-corrected chi connectivity index (χ3v) is 1.96. The van der Waals surface area contributed by atoms with Crippen molar-refractivity contribution >= 4 is 11.5 Å². The highest BCUT2D eigenvalue weighted by Gasteiger charge is 1.99. The van der Waals surface area contributed by atoms with Crippen LogP contribution in [0.25, 0.3) is 0 Å². The molecule has 0 atom stereocenters. The number of nitrogens with two attached hydrogens (primary N) is 1. The van der Waals surface area contributed by atoms with Crippen LogP contribution in [-0.4, -0.2) is 26.7 Å². The zero-order valence-corrected chi connectivity index (χ0v) is 8.14. The fraction of sp³-hybridized carbons (Fsp3) is 0.222. The molecule has 0 aromatic carbocycles. The quantitative estimate of drug-likeness (QED) is 0.671. The zero-order chi connectivity index (χ0) is 10.5. The Hall–Kier alpha value is -2.11. The molecule has 0 spiro atoms. The molecule has 0 amide bonds. The molecule has 6 heteroatoms. The number of anilines is 2. The molecule has 2 heterocycles. The average molecular weight is 204 g/mol. The molecule has 0 unspecified atom stereocenters. The van der Waals surface area contributed by atoms with E-state index in [4.69, 9.17) is 5.73 Å². The van der Waals surface area contributed by atoms with Crippen molar-refractivity contribution in [3.8, 4) is 0 Å². The number of pyridine rings is 1. The van der Waals surface area contributed by atoms with Crippen LogP contribution in [0, 0.1) is 0 Å². The third kappa shape index (κ3) is 2.43. The van der Waals surface area contributed by atoms with Gasteiger partial charge in [0.2, 0.25) is 0 Å². The van der Waals surface area contributed by atoms with E-state index in [0.717, 1.165) is 18.8 Å². The highest BCUT2D eigenvalue weighted by Crippen LogP contribution is 2.12. The Morgan fingerprint density at radius 1 is 1.40 bits per heavy atom. The number of nitrogens with one attached hydrogen (secondary N) is 2. The van der Waals surface area contributed by atoms with Crippen molar-refractivity contribution in [1.29, 1.82) is 0 Å². The Morgan fingerprint density at radius 3 is 3.07 bits per heavy atom. The number of nitrogen functional groups attached to an aromatic ring is 1. The summed E-state index contributed by atoms with van der Waals surface area (Å²) in [6.45, 7) is 0.719. The number of aromatic amines is 1. The van der Waals surface area contributed by atoms with Gasteiger partial charge in [0, 0.05) is 19.2 Å². The van der Waals surface area contributed by atoms with Crippen LogP contribution in [0.1, 0.15) is 5.82 Å². The molecular weight excluding hydrogens is 192 g/mol. The molecule has 0 radical (unpaired) electrons. The fourth-order valence-electron chi connectivity index (χ4n) is 1.22. The second-order valence-electron chi connectivity index (χ2n) is 3.05. The van der Waals surface area contributed by atoms with Gasteiger partial charge >= 0.3 is 0 Å².